The Kier molecular flexibility index (Phi) is 7.41. The summed E-state index contributed by atoms with van der Waals surface area (Å²) in [5.74, 6) is 0.243. The second kappa shape index (κ2) is 10.4. The zero-order valence-electron chi connectivity index (χ0n) is 18.1. The van der Waals surface area contributed by atoms with Gasteiger partial charge in [0.15, 0.2) is 0 Å². The molecule has 150 valence electrons. The predicted molar refractivity (Wildman–Crippen MR) is 129 cm³/mol. The van der Waals surface area contributed by atoms with Crippen molar-refractivity contribution in [3.05, 3.63) is 108 Å². The van der Waals surface area contributed by atoms with Crippen molar-refractivity contribution in [2.24, 2.45) is 0 Å². The van der Waals surface area contributed by atoms with Crippen LogP contribution in [0.4, 0.5) is 0 Å². The van der Waals surface area contributed by atoms with Crippen LogP contribution in [0.1, 0.15) is 50.7 Å². The van der Waals surface area contributed by atoms with Crippen LogP contribution in [-0.4, -0.2) is 0 Å². The number of nitrogens with zero attached hydrogens (tertiary/aromatic N) is 1. The SMILES string of the molecule is C\C=C(/C=C\C=C\CCC)C(C)c1ccc(C#N)c(-c2cccc3ccccc23)c1. The molecule has 0 N–H and O–H groups in total. The van der Waals surface area contributed by atoms with E-state index in [2.05, 4.69) is 112 Å². The molecule has 0 aliphatic heterocycles. The van der Waals surface area contributed by atoms with Crippen LogP contribution in [0.2, 0.25) is 0 Å². The summed E-state index contributed by atoms with van der Waals surface area (Å²) in [5, 5.41) is 12.1. The van der Waals surface area contributed by atoms with E-state index in [0.717, 1.165) is 17.5 Å². The molecule has 1 atom stereocenters. The maximum absolute atomic E-state index is 9.74. The molecular weight excluding hydrogens is 362 g/mol. The summed E-state index contributed by atoms with van der Waals surface area (Å²) in [7, 11) is 0. The normalized spacial score (nSPS) is 13.2. The number of unbranched alkanes of at least 4 members (excludes halogenated alkanes) is 1. The lowest BCUT2D eigenvalue weighted by Crippen LogP contribution is -1.98. The fraction of sp³-hybridized carbons (Fsp3) is 0.207. The molecule has 0 saturated heterocycles. The highest BCUT2D eigenvalue weighted by Gasteiger charge is 2.14. The van der Waals surface area contributed by atoms with Crippen molar-refractivity contribution in [3.63, 3.8) is 0 Å². The molecule has 0 amide bonds. The topological polar surface area (TPSA) is 23.8 Å². The van der Waals surface area contributed by atoms with E-state index in [1.54, 1.807) is 0 Å². The van der Waals surface area contributed by atoms with Crippen LogP contribution >= 0.6 is 0 Å². The lowest BCUT2D eigenvalue weighted by molar-refractivity contribution is 0.918. The van der Waals surface area contributed by atoms with Crippen LogP contribution in [0, 0.1) is 11.3 Å². The Labute approximate surface area is 180 Å². The van der Waals surface area contributed by atoms with Crippen LogP contribution in [0.25, 0.3) is 21.9 Å². The van der Waals surface area contributed by atoms with E-state index in [1.165, 1.54) is 28.3 Å². The third-order valence-electron chi connectivity index (χ3n) is 5.57. The summed E-state index contributed by atoms with van der Waals surface area (Å²) < 4.78 is 0. The molecule has 0 spiro atoms. The van der Waals surface area contributed by atoms with Crippen molar-refractivity contribution in [2.45, 2.75) is 39.5 Å². The number of hydrogen-bond acceptors (Lipinski definition) is 1. The minimum Gasteiger partial charge on any atom is -0.192 e. The molecule has 1 nitrogen and oxygen atoms in total. The van der Waals surface area contributed by atoms with Gasteiger partial charge in [-0.1, -0.05) is 99.2 Å². The van der Waals surface area contributed by atoms with Gasteiger partial charge in [-0.3, -0.25) is 0 Å². The first-order valence-corrected chi connectivity index (χ1v) is 10.7. The van der Waals surface area contributed by atoms with Crippen LogP contribution < -0.4 is 0 Å². The summed E-state index contributed by atoms with van der Waals surface area (Å²) in [6.07, 6.45) is 13.1. The largest absolute Gasteiger partial charge is 0.192 e. The molecule has 0 aliphatic carbocycles. The van der Waals surface area contributed by atoms with Crippen LogP contribution in [0.15, 0.2) is 96.6 Å². The second-order valence-electron chi connectivity index (χ2n) is 7.53. The summed E-state index contributed by atoms with van der Waals surface area (Å²) in [4.78, 5) is 0. The maximum atomic E-state index is 9.74. The van der Waals surface area contributed by atoms with Gasteiger partial charge in [-0.2, -0.15) is 5.26 Å². The Morgan fingerprint density at radius 1 is 1.00 bits per heavy atom. The van der Waals surface area contributed by atoms with Crippen LogP contribution in [0.5, 0.6) is 0 Å². The summed E-state index contributed by atoms with van der Waals surface area (Å²) in [5.41, 5.74) is 5.30. The molecule has 0 saturated carbocycles. The van der Waals surface area contributed by atoms with Gasteiger partial charge in [-0.25, -0.2) is 0 Å². The third kappa shape index (κ3) is 4.78. The van der Waals surface area contributed by atoms with E-state index in [0.29, 0.717) is 5.56 Å². The Morgan fingerprint density at radius 3 is 2.57 bits per heavy atom. The number of fused-ring (bicyclic) bond motifs is 1. The molecule has 0 bridgehead atoms. The van der Waals surface area contributed by atoms with Gasteiger partial charge in [0.25, 0.3) is 0 Å². The van der Waals surface area contributed by atoms with Crippen molar-refractivity contribution in [1.29, 1.82) is 5.26 Å². The van der Waals surface area contributed by atoms with Gasteiger partial charge in [-0.05, 0) is 52.9 Å². The summed E-state index contributed by atoms with van der Waals surface area (Å²) in [6, 6.07) is 23.3. The molecule has 0 radical (unpaired) electrons. The minimum absolute atomic E-state index is 0.243. The Bertz CT molecular complexity index is 1130. The average Bonchev–Trinajstić information content (AvgIpc) is 2.80. The molecule has 3 aromatic rings. The number of benzene rings is 3. The first kappa shape index (κ1) is 21.3. The Balaban J connectivity index is 2.01. The highest BCUT2D eigenvalue weighted by Crippen LogP contribution is 2.34. The van der Waals surface area contributed by atoms with Gasteiger partial charge in [0.05, 0.1) is 11.6 Å². The quantitative estimate of drug-likeness (QED) is 0.371. The predicted octanol–water partition coefficient (Wildman–Crippen LogP) is 8.34. The zero-order chi connectivity index (χ0) is 21.3. The van der Waals surface area contributed by atoms with Gasteiger partial charge < -0.3 is 0 Å². The standard InChI is InChI=1S/C29H29N/c1-4-6-7-8-9-13-23(5-2)22(3)25-18-19-26(21-30)29(20-25)28-17-12-15-24-14-10-11-16-27(24)28/h5,7-20,22H,4,6H2,1-3H3/b8-7+,13-9-,23-5+. The van der Waals surface area contributed by atoms with Crippen molar-refractivity contribution in [1.82, 2.24) is 0 Å². The van der Waals surface area contributed by atoms with Crippen molar-refractivity contribution >= 4 is 10.8 Å². The molecule has 0 heterocycles. The van der Waals surface area contributed by atoms with Gasteiger partial charge >= 0.3 is 0 Å². The number of hydrogen-bond donors (Lipinski definition) is 0. The molecule has 0 fully saturated rings. The van der Waals surface area contributed by atoms with Gasteiger partial charge in [0.2, 0.25) is 0 Å². The Morgan fingerprint density at radius 2 is 1.80 bits per heavy atom. The first-order chi connectivity index (χ1) is 14.7. The highest BCUT2D eigenvalue weighted by atomic mass is 14.3. The molecule has 30 heavy (non-hydrogen) atoms. The lowest BCUT2D eigenvalue weighted by atomic mass is 9.87. The fourth-order valence-corrected chi connectivity index (χ4v) is 3.80. The minimum atomic E-state index is 0.243. The molecular formula is C29H29N. The van der Waals surface area contributed by atoms with Crippen molar-refractivity contribution < 1.29 is 0 Å². The lowest BCUT2D eigenvalue weighted by Gasteiger charge is -2.16. The molecule has 1 heteroatoms. The molecule has 3 aromatic carbocycles. The van der Waals surface area contributed by atoms with Crippen LogP contribution in [-0.2, 0) is 0 Å². The van der Waals surface area contributed by atoms with E-state index in [1.807, 2.05) is 6.07 Å². The van der Waals surface area contributed by atoms with E-state index in [-0.39, 0.29) is 5.92 Å². The van der Waals surface area contributed by atoms with Crippen molar-refractivity contribution in [2.75, 3.05) is 0 Å². The fourth-order valence-electron chi connectivity index (χ4n) is 3.80. The smallest absolute Gasteiger partial charge is 0.0998 e. The first-order valence-electron chi connectivity index (χ1n) is 10.7. The van der Waals surface area contributed by atoms with E-state index in [4.69, 9.17) is 0 Å². The van der Waals surface area contributed by atoms with Crippen molar-refractivity contribution in [3.8, 4) is 17.2 Å². The average molecular weight is 392 g/mol. The Hall–Kier alpha value is -3.37. The number of rotatable bonds is 7. The van der Waals surface area contributed by atoms with E-state index < -0.39 is 0 Å². The van der Waals surface area contributed by atoms with Crippen LogP contribution in [0.3, 0.4) is 0 Å². The van der Waals surface area contributed by atoms with Gasteiger partial charge in [0, 0.05) is 11.5 Å². The highest BCUT2D eigenvalue weighted by molar-refractivity contribution is 5.97. The summed E-state index contributed by atoms with van der Waals surface area (Å²) >= 11 is 0. The van der Waals surface area contributed by atoms with E-state index in [9.17, 15) is 5.26 Å². The summed E-state index contributed by atoms with van der Waals surface area (Å²) in [6.45, 7) is 6.50. The molecule has 0 aliphatic rings. The number of allylic oxidation sites excluding steroid dienone is 6. The number of nitriles is 1. The van der Waals surface area contributed by atoms with Gasteiger partial charge in [0.1, 0.15) is 0 Å². The third-order valence-corrected chi connectivity index (χ3v) is 5.57. The zero-order valence-corrected chi connectivity index (χ0v) is 18.1. The molecule has 0 aromatic heterocycles. The van der Waals surface area contributed by atoms with Gasteiger partial charge in [-0.15, -0.1) is 0 Å². The molecule has 3 rings (SSSR count). The second-order valence-corrected chi connectivity index (χ2v) is 7.53. The monoisotopic (exact) mass is 391 g/mol. The maximum Gasteiger partial charge on any atom is 0.0998 e. The molecule has 1 unspecified atom stereocenters. The van der Waals surface area contributed by atoms with E-state index >= 15 is 0 Å².